The van der Waals surface area contributed by atoms with Gasteiger partial charge in [-0.15, -0.1) is 0 Å². The van der Waals surface area contributed by atoms with Gasteiger partial charge in [-0.2, -0.15) is 0 Å². The predicted octanol–water partition coefficient (Wildman–Crippen LogP) is 4.55. The van der Waals surface area contributed by atoms with E-state index < -0.39 is 0 Å². The zero-order valence-electron chi connectivity index (χ0n) is 12.4. The van der Waals surface area contributed by atoms with Gasteiger partial charge in [-0.1, -0.05) is 26.3 Å². The molecule has 1 aliphatic carbocycles. The Hall–Kier alpha value is -1.70. The van der Waals surface area contributed by atoms with E-state index >= 15 is 0 Å². The first-order valence-electron chi connectivity index (χ1n) is 7.39. The molecule has 1 atom stereocenters. The topological polar surface area (TPSA) is 30.0 Å². The molecule has 1 aliphatic rings. The molecule has 3 rings (SSSR count). The fourth-order valence-electron chi connectivity index (χ4n) is 3.39. The Kier molecular flexibility index (Phi) is 3.12. The molecule has 1 aromatic heterocycles. The molecule has 0 amide bonds. The molecule has 0 N–H and O–H groups in total. The molecule has 1 saturated carbocycles. The van der Waals surface area contributed by atoms with Crippen LogP contribution in [0.5, 0.6) is 0 Å². The molecule has 0 bridgehead atoms. The van der Waals surface area contributed by atoms with Crippen molar-refractivity contribution in [1.29, 1.82) is 0 Å². The Morgan fingerprint density at radius 2 is 2.05 bits per heavy atom. The lowest BCUT2D eigenvalue weighted by atomic mass is 9.77. The lowest BCUT2D eigenvalue weighted by Crippen LogP contribution is -2.25. The third kappa shape index (κ3) is 2.24. The molecule has 104 valence electrons. The monoisotopic (exact) mass is 267 g/mol. The van der Waals surface area contributed by atoms with Crippen molar-refractivity contribution < 1.29 is 4.79 Å². The molecule has 0 aliphatic heterocycles. The summed E-state index contributed by atoms with van der Waals surface area (Å²) in [6.07, 6.45) is 3.34. The van der Waals surface area contributed by atoms with Crippen LogP contribution in [0.3, 0.4) is 0 Å². The Bertz CT molecular complexity index is 672. The summed E-state index contributed by atoms with van der Waals surface area (Å²) < 4.78 is 0. The van der Waals surface area contributed by atoms with Crippen LogP contribution in [0, 0.1) is 18.3 Å². The highest BCUT2D eigenvalue weighted by molar-refractivity contribution is 6.01. The summed E-state index contributed by atoms with van der Waals surface area (Å²) in [5.41, 5.74) is 2.95. The number of benzene rings is 1. The molecule has 2 nitrogen and oxygen atoms in total. The van der Waals surface area contributed by atoms with Crippen molar-refractivity contribution >= 4 is 16.7 Å². The smallest absolute Gasteiger partial charge is 0.166 e. The molecule has 20 heavy (non-hydrogen) atoms. The summed E-state index contributed by atoms with van der Waals surface area (Å²) >= 11 is 0. The molecule has 2 heteroatoms. The zero-order chi connectivity index (χ0) is 14.3. The first-order chi connectivity index (χ1) is 9.47. The second-order valence-corrected chi connectivity index (χ2v) is 6.66. The van der Waals surface area contributed by atoms with Gasteiger partial charge in [-0.25, -0.2) is 0 Å². The number of Topliss-reactive ketones (excluding diaryl/α,β-unsaturated/α-hetero) is 1. The Labute approximate surface area is 120 Å². The summed E-state index contributed by atoms with van der Waals surface area (Å²) in [7, 11) is 0. The molecular weight excluding hydrogens is 246 g/mol. The third-order valence-electron chi connectivity index (χ3n) is 4.69. The second kappa shape index (κ2) is 4.69. The number of pyridine rings is 1. The van der Waals surface area contributed by atoms with Crippen molar-refractivity contribution in [3.63, 3.8) is 0 Å². The highest BCUT2D eigenvalue weighted by Gasteiger charge is 2.39. The Balaban J connectivity index is 1.98. The zero-order valence-corrected chi connectivity index (χ0v) is 12.4. The number of hydrogen-bond acceptors (Lipinski definition) is 2. The first kappa shape index (κ1) is 13.3. The van der Waals surface area contributed by atoms with Crippen molar-refractivity contribution in [2.24, 2.45) is 11.3 Å². The molecule has 0 spiro atoms. The number of carbonyl (C=O) groups is 1. The van der Waals surface area contributed by atoms with E-state index in [0.717, 1.165) is 41.4 Å². The number of fused-ring (bicyclic) bond motifs is 1. The van der Waals surface area contributed by atoms with Gasteiger partial charge in [-0.05, 0) is 49.4 Å². The summed E-state index contributed by atoms with van der Waals surface area (Å²) in [4.78, 5) is 17.2. The maximum absolute atomic E-state index is 12.8. The highest BCUT2D eigenvalue weighted by Crippen LogP contribution is 2.44. The quantitative estimate of drug-likeness (QED) is 0.747. The number of aryl methyl sites for hydroxylation is 1. The van der Waals surface area contributed by atoms with Gasteiger partial charge in [0.15, 0.2) is 5.78 Å². The van der Waals surface area contributed by atoms with Crippen LogP contribution in [0.15, 0.2) is 30.3 Å². The van der Waals surface area contributed by atoms with Crippen LogP contribution >= 0.6 is 0 Å². The molecule has 1 aromatic carbocycles. The van der Waals surface area contributed by atoms with Gasteiger partial charge in [0.1, 0.15) is 0 Å². The molecule has 0 radical (unpaired) electrons. The fourth-order valence-corrected chi connectivity index (χ4v) is 3.39. The molecule has 1 unspecified atom stereocenters. The van der Waals surface area contributed by atoms with Crippen molar-refractivity contribution in [1.82, 2.24) is 4.98 Å². The Morgan fingerprint density at radius 1 is 1.25 bits per heavy atom. The first-order valence-corrected chi connectivity index (χ1v) is 7.39. The van der Waals surface area contributed by atoms with Crippen LogP contribution in [-0.2, 0) is 0 Å². The number of aromatic nitrogens is 1. The van der Waals surface area contributed by atoms with Crippen LogP contribution in [0.25, 0.3) is 10.9 Å². The molecule has 0 saturated heterocycles. The summed E-state index contributed by atoms with van der Waals surface area (Å²) in [5, 5.41) is 1.05. The number of carbonyl (C=O) groups excluding carboxylic acids is 1. The minimum atomic E-state index is 0.136. The van der Waals surface area contributed by atoms with Crippen LogP contribution in [0.2, 0.25) is 0 Å². The second-order valence-electron chi connectivity index (χ2n) is 6.66. The molecule has 1 fully saturated rings. The van der Waals surface area contributed by atoms with Gasteiger partial charge in [0.05, 0.1) is 5.52 Å². The lowest BCUT2D eigenvalue weighted by molar-refractivity contribution is 0.0839. The molecular formula is C18H21NO. The number of nitrogens with zero attached hydrogens (tertiary/aromatic N) is 1. The largest absolute Gasteiger partial charge is 0.294 e. The van der Waals surface area contributed by atoms with Gasteiger partial charge < -0.3 is 0 Å². The molecule has 1 heterocycles. The minimum Gasteiger partial charge on any atom is -0.294 e. The van der Waals surface area contributed by atoms with Crippen molar-refractivity contribution in [2.75, 3.05) is 0 Å². The van der Waals surface area contributed by atoms with Gasteiger partial charge in [-0.3, -0.25) is 9.78 Å². The van der Waals surface area contributed by atoms with Crippen molar-refractivity contribution in [2.45, 2.75) is 40.0 Å². The van der Waals surface area contributed by atoms with Gasteiger partial charge in [0, 0.05) is 22.6 Å². The van der Waals surface area contributed by atoms with E-state index in [0.29, 0.717) is 5.78 Å². The van der Waals surface area contributed by atoms with Gasteiger partial charge in [0.25, 0.3) is 0 Å². The van der Waals surface area contributed by atoms with Crippen LogP contribution in [-0.4, -0.2) is 10.8 Å². The average molecular weight is 267 g/mol. The van der Waals surface area contributed by atoms with Gasteiger partial charge in [0.2, 0.25) is 0 Å². The van der Waals surface area contributed by atoms with E-state index in [1.54, 1.807) is 0 Å². The minimum absolute atomic E-state index is 0.136. The van der Waals surface area contributed by atoms with E-state index in [2.05, 4.69) is 18.8 Å². The highest BCUT2D eigenvalue weighted by atomic mass is 16.1. The number of rotatable bonds is 2. The lowest BCUT2D eigenvalue weighted by Gasteiger charge is -2.25. The fraction of sp³-hybridized carbons (Fsp3) is 0.444. The standard InChI is InChI=1S/C18H21NO/c1-12-6-7-13-11-14(8-9-16(13)19-12)17(20)15-5-4-10-18(15,2)3/h6-9,11,15H,4-5,10H2,1-3H3. The van der Waals surface area contributed by atoms with Crippen LogP contribution in [0.1, 0.15) is 49.2 Å². The van der Waals surface area contributed by atoms with E-state index in [-0.39, 0.29) is 11.3 Å². The average Bonchev–Trinajstić information content (AvgIpc) is 2.77. The van der Waals surface area contributed by atoms with E-state index in [4.69, 9.17) is 0 Å². The van der Waals surface area contributed by atoms with E-state index in [1.807, 2.05) is 37.3 Å². The predicted molar refractivity (Wildman–Crippen MR) is 81.9 cm³/mol. The van der Waals surface area contributed by atoms with Crippen molar-refractivity contribution in [3.8, 4) is 0 Å². The molecule has 2 aromatic rings. The van der Waals surface area contributed by atoms with E-state index in [9.17, 15) is 4.79 Å². The summed E-state index contributed by atoms with van der Waals surface area (Å²) in [5.74, 6) is 0.466. The maximum Gasteiger partial charge on any atom is 0.166 e. The third-order valence-corrected chi connectivity index (χ3v) is 4.69. The van der Waals surface area contributed by atoms with Gasteiger partial charge >= 0.3 is 0 Å². The SMILES string of the molecule is Cc1ccc2cc(C(=O)C3CCCC3(C)C)ccc2n1. The summed E-state index contributed by atoms with van der Waals surface area (Å²) in [6, 6.07) is 9.95. The number of ketones is 1. The maximum atomic E-state index is 12.8. The number of hydrogen-bond donors (Lipinski definition) is 0. The summed E-state index contributed by atoms with van der Waals surface area (Å²) in [6.45, 7) is 6.42. The Morgan fingerprint density at radius 3 is 2.75 bits per heavy atom. The van der Waals surface area contributed by atoms with E-state index in [1.165, 1.54) is 0 Å². The van der Waals surface area contributed by atoms with Crippen LogP contribution < -0.4 is 0 Å². The normalized spacial score (nSPS) is 21.2. The van der Waals surface area contributed by atoms with Crippen molar-refractivity contribution in [3.05, 3.63) is 41.6 Å². The van der Waals surface area contributed by atoms with Crippen LogP contribution in [0.4, 0.5) is 0 Å².